The zero-order chi connectivity index (χ0) is 16.7. The number of aromatic nitrogens is 1. The Balaban J connectivity index is 2.05. The normalized spacial score (nSPS) is 23.7. The molecule has 0 unspecified atom stereocenters. The number of ether oxygens (including phenoxy) is 1. The molecule has 0 radical (unpaired) electrons. The van der Waals surface area contributed by atoms with Crippen LogP contribution in [0.25, 0.3) is 0 Å². The highest BCUT2D eigenvalue weighted by Crippen LogP contribution is 2.32. The van der Waals surface area contributed by atoms with Gasteiger partial charge in [-0.1, -0.05) is 6.92 Å². The van der Waals surface area contributed by atoms with Gasteiger partial charge in [0.15, 0.2) is 11.4 Å². The van der Waals surface area contributed by atoms with Crippen molar-refractivity contribution < 1.29 is 19.4 Å². The Morgan fingerprint density at radius 2 is 2.04 bits per heavy atom. The van der Waals surface area contributed by atoms with Gasteiger partial charge in [-0.25, -0.2) is 4.79 Å². The molecule has 2 heterocycles. The van der Waals surface area contributed by atoms with E-state index in [0.29, 0.717) is 19.0 Å². The van der Waals surface area contributed by atoms with Crippen LogP contribution in [-0.2, 0) is 6.54 Å². The Labute approximate surface area is 133 Å². The first-order valence-corrected chi connectivity index (χ1v) is 7.79. The molecule has 0 bridgehead atoms. The van der Waals surface area contributed by atoms with Crippen molar-refractivity contribution in [1.82, 2.24) is 9.47 Å². The zero-order valence-electron chi connectivity index (χ0n) is 13.2. The maximum atomic E-state index is 12.9. The van der Waals surface area contributed by atoms with Gasteiger partial charge in [-0.15, -0.1) is 0 Å². The van der Waals surface area contributed by atoms with Crippen LogP contribution in [0.1, 0.15) is 47.0 Å². The summed E-state index contributed by atoms with van der Waals surface area (Å²) < 4.78 is 6.62. The fourth-order valence-electron chi connectivity index (χ4n) is 3.64. The number of carbonyl (C=O) groups is 2. The largest absolute Gasteiger partial charge is 0.491 e. The third kappa shape index (κ3) is 2.50. The van der Waals surface area contributed by atoms with Crippen LogP contribution in [0, 0.1) is 5.92 Å². The van der Waals surface area contributed by atoms with E-state index in [9.17, 15) is 14.4 Å². The molecule has 23 heavy (non-hydrogen) atoms. The number of aromatic carboxylic acids is 1. The van der Waals surface area contributed by atoms with Crippen LogP contribution in [0.15, 0.2) is 11.0 Å². The zero-order valence-corrected chi connectivity index (χ0v) is 13.2. The molecule has 0 spiro atoms. The number of carbonyl (C=O) groups excluding carboxylic acids is 1. The van der Waals surface area contributed by atoms with E-state index in [-0.39, 0.29) is 29.0 Å². The van der Waals surface area contributed by atoms with Gasteiger partial charge >= 0.3 is 5.97 Å². The number of hydrogen-bond acceptors (Lipinski definition) is 4. The summed E-state index contributed by atoms with van der Waals surface area (Å²) in [5.74, 6) is -1.15. The van der Waals surface area contributed by atoms with Crippen molar-refractivity contribution in [2.45, 2.75) is 38.8 Å². The lowest BCUT2D eigenvalue weighted by Gasteiger charge is -2.35. The number of hydrogen-bond donors (Lipinski definition) is 1. The Kier molecular flexibility index (Phi) is 3.87. The Bertz CT molecular complexity index is 724. The van der Waals surface area contributed by atoms with Crippen LogP contribution in [0.5, 0.6) is 5.75 Å². The average Bonchev–Trinajstić information content (AvgIpc) is 2.93. The van der Waals surface area contributed by atoms with Crippen LogP contribution in [0.3, 0.4) is 0 Å². The lowest BCUT2D eigenvalue weighted by Crippen LogP contribution is -2.47. The van der Waals surface area contributed by atoms with Crippen molar-refractivity contribution in [2.24, 2.45) is 5.92 Å². The molecule has 0 aromatic carbocycles. The molecule has 1 aromatic heterocycles. The lowest BCUT2D eigenvalue weighted by molar-refractivity contribution is 0.0603. The first-order valence-electron chi connectivity index (χ1n) is 7.79. The number of nitrogens with zero attached hydrogens (tertiary/aromatic N) is 2. The minimum Gasteiger partial charge on any atom is -0.491 e. The van der Waals surface area contributed by atoms with Gasteiger partial charge < -0.3 is 19.3 Å². The summed E-state index contributed by atoms with van der Waals surface area (Å²) in [6.45, 7) is 3.16. The van der Waals surface area contributed by atoms with Gasteiger partial charge in [0.2, 0.25) is 5.43 Å². The van der Waals surface area contributed by atoms with E-state index < -0.39 is 11.4 Å². The Morgan fingerprint density at radius 3 is 2.61 bits per heavy atom. The van der Waals surface area contributed by atoms with Crippen LogP contribution in [0.2, 0.25) is 0 Å². The second-order valence-electron chi connectivity index (χ2n) is 6.32. The predicted octanol–water partition coefficient (Wildman–Crippen LogP) is 1.20. The van der Waals surface area contributed by atoms with E-state index in [2.05, 4.69) is 6.92 Å². The minimum atomic E-state index is -1.32. The molecule has 1 N–H and O–H groups in total. The summed E-state index contributed by atoms with van der Waals surface area (Å²) in [4.78, 5) is 38.1. The molecular weight excluding hydrogens is 300 g/mol. The summed E-state index contributed by atoms with van der Waals surface area (Å²) in [7, 11) is 1.28. The van der Waals surface area contributed by atoms with Gasteiger partial charge in [-0.2, -0.15) is 0 Å². The average molecular weight is 320 g/mol. The first-order chi connectivity index (χ1) is 10.9. The third-order valence-corrected chi connectivity index (χ3v) is 4.83. The monoisotopic (exact) mass is 320 g/mol. The highest BCUT2D eigenvalue weighted by Gasteiger charge is 2.36. The lowest BCUT2D eigenvalue weighted by atomic mass is 10.1. The van der Waals surface area contributed by atoms with Crippen LogP contribution in [-0.4, -0.2) is 46.1 Å². The second-order valence-corrected chi connectivity index (χ2v) is 6.32. The molecule has 1 aliphatic heterocycles. The number of fused-ring (bicyclic) bond motifs is 1. The molecule has 1 amide bonds. The van der Waals surface area contributed by atoms with E-state index in [1.54, 1.807) is 4.90 Å². The summed E-state index contributed by atoms with van der Waals surface area (Å²) in [6, 6.07) is 0.185. The number of pyridine rings is 1. The predicted molar refractivity (Wildman–Crippen MR) is 82.1 cm³/mol. The van der Waals surface area contributed by atoms with Crippen LogP contribution < -0.4 is 10.2 Å². The summed E-state index contributed by atoms with van der Waals surface area (Å²) >= 11 is 0. The van der Waals surface area contributed by atoms with Crippen LogP contribution in [0.4, 0.5) is 0 Å². The number of carboxylic acids is 1. The maximum absolute atomic E-state index is 12.9. The highest BCUT2D eigenvalue weighted by molar-refractivity contribution is 5.97. The highest BCUT2D eigenvalue weighted by atomic mass is 16.5. The van der Waals surface area contributed by atoms with E-state index in [1.807, 2.05) is 0 Å². The molecule has 3 rings (SSSR count). The summed E-state index contributed by atoms with van der Waals surface area (Å²) in [5.41, 5.74) is -0.962. The third-order valence-electron chi connectivity index (χ3n) is 4.83. The SMILES string of the molecule is COc1c2n(cc(C(=O)O)c1=O)CCN([C@H]1CC[C@@H](C)C1)C2=O. The molecule has 1 saturated carbocycles. The van der Waals surface area contributed by atoms with E-state index in [4.69, 9.17) is 9.84 Å². The second kappa shape index (κ2) is 5.72. The van der Waals surface area contributed by atoms with Crippen molar-refractivity contribution >= 4 is 11.9 Å². The van der Waals surface area contributed by atoms with Crippen molar-refractivity contribution in [1.29, 1.82) is 0 Å². The van der Waals surface area contributed by atoms with Crippen molar-refractivity contribution in [3.8, 4) is 5.75 Å². The molecule has 7 nitrogen and oxygen atoms in total. The fraction of sp³-hybridized carbons (Fsp3) is 0.562. The molecule has 124 valence electrons. The maximum Gasteiger partial charge on any atom is 0.341 e. The van der Waals surface area contributed by atoms with Gasteiger partial charge in [0.05, 0.1) is 7.11 Å². The standard InChI is InChI=1S/C16H20N2O5/c1-9-3-4-10(7-9)18-6-5-17-8-11(16(21)22)13(19)14(23-2)12(17)15(18)20/h8-10H,3-7H2,1-2H3,(H,21,22)/t9-,10+/m1/s1. The molecule has 7 heteroatoms. The number of rotatable bonds is 3. The number of amides is 1. The van der Waals surface area contributed by atoms with Crippen molar-refractivity contribution in [3.63, 3.8) is 0 Å². The number of methoxy groups -OCH3 is 1. The van der Waals surface area contributed by atoms with Gasteiger partial charge in [0.1, 0.15) is 5.56 Å². The smallest absolute Gasteiger partial charge is 0.341 e. The Hall–Kier alpha value is -2.31. The minimum absolute atomic E-state index is 0.160. The van der Waals surface area contributed by atoms with Crippen molar-refractivity contribution in [2.75, 3.05) is 13.7 Å². The fourth-order valence-corrected chi connectivity index (χ4v) is 3.64. The van der Waals surface area contributed by atoms with E-state index in [1.165, 1.54) is 17.9 Å². The molecule has 1 aliphatic carbocycles. The van der Waals surface area contributed by atoms with E-state index in [0.717, 1.165) is 19.3 Å². The van der Waals surface area contributed by atoms with Gasteiger partial charge in [-0.3, -0.25) is 9.59 Å². The first kappa shape index (κ1) is 15.6. The van der Waals surface area contributed by atoms with Gasteiger partial charge in [-0.05, 0) is 25.2 Å². The van der Waals surface area contributed by atoms with Gasteiger partial charge in [0.25, 0.3) is 5.91 Å². The molecule has 2 atom stereocenters. The van der Waals surface area contributed by atoms with Crippen molar-refractivity contribution in [3.05, 3.63) is 27.7 Å². The quantitative estimate of drug-likeness (QED) is 0.904. The van der Waals surface area contributed by atoms with Crippen LogP contribution >= 0.6 is 0 Å². The van der Waals surface area contributed by atoms with Gasteiger partial charge in [0, 0.05) is 25.3 Å². The Morgan fingerprint density at radius 1 is 1.30 bits per heavy atom. The molecule has 2 aliphatic rings. The summed E-state index contributed by atoms with van der Waals surface area (Å²) in [6.07, 6.45) is 4.27. The number of carboxylic acid groups (broad SMARTS) is 1. The molecule has 1 aromatic rings. The summed E-state index contributed by atoms with van der Waals surface area (Å²) in [5, 5.41) is 9.14. The molecular formula is C16H20N2O5. The topological polar surface area (TPSA) is 88.8 Å². The molecule has 0 saturated heterocycles. The van der Waals surface area contributed by atoms with E-state index >= 15 is 0 Å². The molecule has 1 fully saturated rings.